The first-order valence-electron chi connectivity index (χ1n) is 6.54. The standard InChI is InChI=1S/C14H20F2N2/c1-3-17-11-7-10(2)8-18(9-11)13-6-4-5-12(15)14(13)16/h4-6,10-11,17H,3,7-9H2,1-2H3. The van der Waals surface area contributed by atoms with E-state index in [0.717, 1.165) is 32.1 Å². The van der Waals surface area contributed by atoms with Gasteiger partial charge in [0.25, 0.3) is 0 Å². The second-order valence-electron chi connectivity index (χ2n) is 5.07. The molecular formula is C14H20F2N2. The van der Waals surface area contributed by atoms with Gasteiger partial charge in [-0.3, -0.25) is 0 Å². The maximum Gasteiger partial charge on any atom is 0.182 e. The molecule has 1 saturated heterocycles. The third-order valence-corrected chi connectivity index (χ3v) is 3.42. The minimum atomic E-state index is -0.772. The zero-order valence-corrected chi connectivity index (χ0v) is 10.9. The zero-order chi connectivity index (χ0) is 13.1. The average molecular weight is 254 g/mol. The predicted molar refractivity (Wildman–Crippen MR) is 69.8 cm³/mol. The monoisotopic (exact) mass is 254 g/mol. The van der Waals surface area contributed by atoms with E-state index in [1.54, 1.807) is 12.1 Å². The van der Waals surface area contributed by atoms with Gasteiger partial charge in [-0.2, -0.15) is 0 Å². The van der Waals surface area contributed by atoms with E-state index in [9.17, 15) is 8.78 Å². The van der Waals surface area contributed by atoms with Crippen LogP contribution in [0.2, 0.25) is 0 Å². The van der Waals surface area contributed by atoms with E-state index < -0.39 is 11.6 Å². The first-order valence-corrected chi connectivity index (χ1v) is 6.54. The molecule has 0 bridgehead atoms. The maximum atomic E-state index is 13.8. The summed E-state index contributed by atoms with van der Waals surface area (Å²) in [5.41, 5.74) is 0.379. The Bertz CT molecular complexity index is 409. The number of hydrogen-bond acceptors (Lipinski definition) is 2. The second-order valence-corrected chi connectivity index (χ2v) is 5.07. The molecule has 1 aromatic rings. The van der Waals surface area contributed by atoms with Crippen molar-refractivity contribution in [3.05, 3.63) is 29.8 Å². The molecule has 2 atom stereocenters. The number of nitrogens with one attached hydrogen (secondary N) is 1. The Kier molecular flexibility index (Phi) is 4.17. The van der Waals surface area contributed by atoms with E-state index in [2.05, 4.69) is 19.2 Å². The van der Waals surface area contributed by atoms with Gasteiger partial charge in [-0.25, -0.2) is 8.78 Å². The molecule has 2 rings (SSSR count). The molecule has 4 heteroatoms. The van der Waals surface area contributed by atoms with Gasteiger partial charge in [-0.15, -0.1) is 0 Å². The summed E-state index contributed by atoms with van der Waals surface area (Å²) in [5.74, 6) is -1.03. The Labute approximate surface area is 107 Å². The van der Waals surface area contributed by atoms with Crippen molar-refractivity contribution < 1.29 is 8.78 Å². The van der Waals surface area contributed by atoms with E-state index >= 15 is 0 Å². The lowest BCUT2D eigenvalue weighted by Crippen LogP contribution is -2.49. The SMILES string of the molecule is CCNC1CC(C)CN(c2cccc(F)c2F)C1. The quantitative estimate of drug-likeness (QED) is 0.892. The Hall–Kier alpha value is -1.16. The number of anilines is 1. The van der Waals surface area contributed by atoms with Crippen LogP contribution >= 0.6 is 0 Å². The van der Waals surface area contributed by atoms with Gasteiger partial charge in [-0.1, -0.05) is 19.9 Å². The lowest BCUT2D eigenvalue weighted by atomic mass is 9.95. The van der Waals surface area contributed by atoms with Gasteiger partial charge in [0.1, 0.15) is 0 Å². The van der Waals surface area contributed by atoms with E-state index in [1.807, 2.05) is 4.90 Å². The first kappa shape index (κ1) is 13.3. The molecule has 0 amide bonds. The summed E-state index contributed by atoms with van der Waals surface area (Å²) < 4.78 is 27.0. The highest BCUT2D eigenvalue weighted by Crippen LogP contribution is 2.26. The van der Waals surface area contributed by atoms with Crippen LogP contribution in [-0.4, -0.2) is 25.7 Å². The average Bonchev–Trinajstić information content (AvgIpc) is 2.32. The summed E-state index contributed by atoms with van der Waals surface area (Å²) in [6.07, 6.45) is 1.08. The molecule has 1 aliphatic rings. The summed E-state index contributed by atoms with van der Waals surface area (Å²) in [6, 6.07) is 4.73. The van der Waals surface area contributed by atoms with Gasteiger partial charge in [0.15, 0.2) is 11.6 Å². The first-order chi connectivity index (χ1) is 8.61. The van der Waals surface area contributed by atoms with Crippen molar-refractivity contribution >= 4 is 5.69 Å². The topological polar surface area (TPSA) is 15.3 Å². The third kappa shape index (κ3) is 2.80. The van der Waals surface area contributed by atoms with Crippen molar-refractivity contribution in [2.75, 3.05) is 24.5 Å². The maximum absolute atomic E-state index is 13.8. The van der Waals surface area contributed by atoms with Gasteiger partial charge in [0.05, 0.1) is 5.69 Å². The van der Waals surface area contributed by atoms with Crippen LogP contribution in [0.3, 0.4) is 0 Å². The van der Waals surface area contributed by atoms with Crippen LogP contribution < -0.4 is 10.2 Å². The molecule has 1 fully saturated rings. The number of hydrogen-bond donors (Lipinski definition) is 1. The van der Waals surface area contributed by atoms with Gasteiger partial charge < -0.3 is 10.2 Å². The van der Waals surface area contributed by atoms with Crippen LogP contribution in [0.15, 0.2) is 18.2 Å². The third-order valence-electron chi connectivity index (χ3n) is 3.42. The van der Waals surface area contributed by atoms with Crippen LogP contribution in [0.25, 0.3) is 0 Å². The number of halogens is 2. The molecule has 2 nitrogen and oxygen atoms in total. The highest BCUT2D eigenvalue weighted by atomic mass is 19.2. The van der Waals surface area contributed by atoms with Crippen LogP contribution in [0.4, 0.5) is 14.5 Å². The van der Waals surface area contributed by atoms with Crippen molar-refractivity contribution in [1.82, 2.24) is 5.32 Å². The Morgan fingerprint density at radius 1 is 1.33 bits per heavy atom. The molecule has 1 aliphatic heterocycles. The number of piperidine rings is 1. The molecule has 0 aliphatic carbocycles. The van der Waals surface area contributed by atoms with Crippen LogP contribution in [-0.2, 0) is 0 Å². The summed E-state index contributed by atoms with van der Waals surface area (Å²) in [4.78, 5) is 1.94. The number of benzene rings is 1. The summed E-state index contributed by atoms with van der Waals surface area (Å²) in [6.45, 7) is 6.62. The normalized spacial score (nSPS) is 24.3. The molecular weight excluding hydrogens is 234 g/mol. The van der Waals surface area contributed by atoms with Crippen molar-refractivity contribution in [1.29, 1.82) is 0 Å². The van der Waals surface area contributed by atoms with Crippen molar-refractivity contribution in [3.8, 4) is 0 Å². The zero-order valence-electron chi connectivity index (χ0n) is 10.9. The summed E-state index contributed by atoms with van der Waals surface area (Å²) in [7, 11) is 0. The Balaban J connectivity index is 2.18. The van der Waals surface area contributed by atoms with Crippen molar-refractivity contribution in [2.24, 2.45) is 5.92 Å². The van der Waals surface area contributed by atoms with Gasteiger partial charge in [0.2, 0.25) is 0 Å². The highest BCUT2D eigenvalue weighted by Gasteiger charge is 2.26. The van der Waals surface area contributed by atoms with E-state index in [0.29, 0.717) is 17.6 Å². The van der Waals surface area contributed by atoms with Crippen LogP contribution in [0, 0.1) is 17.6 Å². The van der Waals surface area contributed by atoms with Gasteiger partial charge >= 0.3 is 0 Å². The molecule has 0 radical (unpaired) electrons. The van der Waals surface area contributed by atoms with Gasteiger partial charge in [0, 0.05) is 19.1 Å². The second kappa shape index (κ2) is 5.65. The van der Waals surface area contributed by atoms with Crippen molar-refractivity contribution in [2.45, 2.75) is 26.3 Å². The number of nitrogens with zero attached hydrogens (tertiary/aromatic N) is 1. The largest absolute Gasteiger partial charge is 0.367 e. The molecule has 0 aromatic heterocycles. The van der Waals surface area contributed by atoms with Crippen LogP contribution in [0.5, 0.6) is 0 Å². The predicted octanol–water partition coefficient (Wildman–Crippen LogP) is 2.79. The smallest absolute Gasteiger partial charge is 0.182 e. The van der Waals surface area contributed by atoms with Gasteiger partial charge in [-0.05, 0) is 31.0 Å². The minimum absolute atomic E-state index is 0.349. The summed E-state index contributed by atoms with van der Waals surface area (Å²) >= 11 is 0. The fourth-order valence-corrected chi connectivity index (χ4v) is 2.72. The molecule has 100 valence electrons. The molecule has 0 saturated carbocycles. The molecule has 1 heterocycles. The Morgan fingerprint density at radius 2 is 2.11 bits per heavy atom. The minimum Gasteiger partial charge on any atom is -0.367 e. The molecule has 18 heavy (non-hydrogen) atoms. The van der Waals surface area contributed by atoms with E-state index in [1.165, 1.54) is 0 Å². The highest BCUT2D eigenvalue weighted by molar-refractivity contribution is 5.48. The van der Waals surface area contributed by atoms with Crippen LogP contribution in [0.1, 0.15) is 20.3 Å². The number of likely N-dealkylation sites (N-methyl/N-ethyl adjacent to an activating group) is 1. The molecule has 1 aromatic carbocycles. The summed E-state index contributed by atoms with van der Waals surface area (Å²) in [5, 5.41) is 3.39. The fraction of sp³-hybridized carbons (Fsp3) is 0.571. The Morgan fingerprint density at radius 3 is 2.83 bits per heavy atom. The molecule has 1 N–H and O–H groups in total. The lowest BCUT2D eigenvalue weighted by Gasteiger charge is -2.38. The number of rotatable bonds is 3. The lowest BCUT2D eigenvalue weighted by molar-refractivity contribution is 0.352. The van der Waals surface area contributed by atoms with E-state index in [4.69, 9.17) is 0 Å². The van der Waals surface area contributed by atoms with E-state index in [-0.39, 0.29) is 0 Å². The van der Waals surface area contributed by atoms with Crippen molar-refractivity contribution in [3.63, 3.8) is 0 Å². The molecule has 2 unspecified atom stereocenters. The molecule has 0 spiro atoms. The fourth-order valence-electron chi connectivity index (χ4n) is 2.72.